The van der Waals surface area contributed by atoms with Crippen LogP contribution in [0.25, 0.3) is 0 Å². The summed E-state index contributed by atoms with van der Waals surface area (Å²) in [5.41, 5.74) is 4.03. The first-order valence-electron chi connectivity index (χ1n) is 10.2. The molecule has 0 spiro atoms. The van der Waals surface area contributed by atoms with Crippen molar-refractivity contribution in [2.75, 3.05) is 6.54 Å². The molecule has 0 radical (unpaired) electrons. The Morgan fingerprint density at radius 1 is 1.10 bits per heavy atom. The van der Waals surface area contributed by atoms with Crippen molar-refractivity contribution in [3.05, 3.63) is 69.7 Å². The summed E-state index contributed by atoms with van der Waals surface area (Å²) < 4.78 is 0. The summed E-state index contributed by atoms with van der Waals surface area (Å²) in [6, 6.07) is 13.0. The maximum Gasteiger partial charge on any atom is 0.242 e. The molecule has 2 aromatic carbocycles. The molecule has 29 heavy (non-hydrogen) atoms. The third-order valence-corrected chi connectivity index (χ3v) is 5.30. The molecule has 156 valence electrons. The molecule has 4 nitrogen and oxygen atoms in total. The minimum Gasteiger partial charge on any atom is -0.354 e. The van der Waals surface area contributed by atoms with Crippen molar-refractivity contribution in [3.8, 4) is 0 Å². The van der Waals surface area contributed by atoms with E-state index in [0.717, 1.165) is 35.1 Å². The number of carbonyl (C=O) groups excluding carboxylic acids is 2. The molecule has 0 aliphatic heterocycles. The summed E-state index contributed by atoms with van der Waals surface area (Å²) in [6.07, 6.45) is 2.17. The number of aryl methyl sites for hydroxylation is 2. The van der Waals surface area contributed by atoms with Gasteiger partial charge in [0.05, 0.1) is 6.42 Å². The van der Waals surface area contributed by atoms with E-state index in [9.17, 15) is 9.59 Å². The van der Waals surface area contributed by atoms with E-state index in [0.29, 0.717) is 18.1 Å². The largest absolute Gasteiger partial charge is 0.354 e. The average molecular weight is 415 g/mol. The number of hydrogen-bond donors (Lipinski definition) is 1. The highest BCUT2D eigenvalue weighted by Crippen LogP contribution is 2.20. The van der Waals surface area contributed by atoms with Gasteiger partial charge >= 0.3 is 0 Å². The van der Waals surface area contributed by atoms with Crippen LogP contribution in [0.5, 0.6) is 0 Å². The van der Waals surface area contributed by atoms with Crippen LogP contribution < -0.4 is 5.32 Å². The molecule has 0 aliphatic rings. The van der Waals surface area contributed by atoms with E-state index in [1.54, 1.807) is 17.9 Å². The molecule has 0 bridgehead atoms. The van der Waals surface area contributed by atoms with Gasteiger partial charge in [-0.3, -0.25) is 9.59 Å². The molecule has 0 fully saturated rings. The van der Waals surface area contributed by atoms with Crippen molar-refractivity contribution < 1.29 is 9.59 Å². The van der Waals surface area contributed by atoms with Crippen molar-refractivity contribution in [2.45, 2.75) is 59.5 Å². The number of carbonyl (C=O) groups is 2. The minimum absolute atomic E-state index is 0.0898. The number of hydrogen-bond acceptors (Lipinski definition) is 2. The normalized spacial score (nSPS) is 11.8. The van der Waals surface area contributed by atoms with Crippen molar-refractivity contribution in [1.82, 2.24) is 10.2 Å². The van der Waals surface area contributed by atoms with Crippen LogP contribution in [-0.4, -0.2) is 29.3 Å². The second kappa shape index (κ2) is 11.0. The lowest BCUT2D eigenvalue weighted by Crippen LogP contribution is -2.48. The van der Waals surface area contributed by atoms with Crippen molar-refractivity contribution in [3.63, 3.8) is 0 Å². The zero-order chi connectivity index (χ0) is 21.4. The maximum absolute atomic E-state index is 13.2. The van der Waals surface area contributed by atoms with E-state index < -0.39 is 6.04 Å². The van der Waals surface area contributed by atoms with Crippen LogP contribution in [0.15, 0.2) is 42.5 Å². The summed E-state index contributed by atoms with van der Waals surface area (Å²) in [7, 11) is 0. The number of halogens is 1. The standard InChI is InChI=1S/C24H31ClN2O2/c1-5-6-11-26-24(29)19(4)27(16-21-9-7-8-10-22(21)25)23(28)15-20-13-17(2)12-18(3)14-20/h7-10,12-14,19H,5-6,11,15-16H2,1-4H3,(H,26,29)/t19-/m0/s1. The maximum atomic E-state index is 13.2. The topological polar surface area (TPSA) is 49.4 Å². The predicted octanol–water partition coefficient (Wildman–Crippen LogP) is 4.83. The van der Waals surface area contributed by atoms with Crippen LogP contribution in [0.1, 0.15) is 48.9 Å². The Hall–Kier alpha value is -2.33. The van der Waals surface area contributed by atoms with E-state index in [2.05, 4.69) is 18.3 Å². The average Bonchev–Trinajstić information content (AvgIpc) is 2.66. The molecule has 0 saturated carbocycles. The highest BCUT2D eigenvalue weighted by molar-refractivity contribution is 6.31. The van der Waals surface area contributed by atoms with Gasteiger partial charge in [-0.15, -0.1) is 0 Å². The van der Waals surface area contributed by atoms with Gasteiger partial charge in [0.2, 0.25) is 11.8 Å². The number of rotatable bonds is 9. The summed E-state index contributed by atoms with van der Waals surface area (Å²) in [4.78, 5) is 27.5. The second-order valence-corrected chi connectivity index (χ2v) is 8.01. The quantitative estimate of drug-likeness (QED) is 0.597. The smallest absolute Gasteiger partial charge is 0.242 e. The minimum atomic E-state index is -0.582. The lowest BCUT2D eigenvalue weighted by atomic mass is 10.0. The van der Waals surface area contributed by atoms with Gasteiger partial charge in [-0.25, -0.2) is 0 Å². The Labute approximate surface area is 179 Å². The molecular formula is C24H31ClN2O2. The predicted molar refractivity (Wildman–Crippen MR) is 119 cm³/mol. The Morgan fingerprint density at radius 2 is 1.76 bits per heavy atom. The summed E-state index contributed by atoms with van der Waals surface area (Å²) in [5.74, 6) is -0.229. The SMILES string of the molecule is CCCCNC(=O)[C@H](C)N(Cc1ccccc1Cl)C(=O)Cc1cc(C)cc(C)c1. The Balaban J connectivity index is 2.23. The first-order chi connectivity index (χ1) is 13.8. The molecule has 2 aromatic rings. The summed E-state index contributed by atoms with van der Waals surface area (Å²) >= 11 is 6.32. The van der Waals surface area contributed by atoms with Gasteiger partial charge in [-0.05, 0) is 44.4 Å². The van der Waals surface area contributed by atoms with E-state index in [1.165, 1.54) is 0 Å². The number of nitrogens with one attached hydrogen (secondary N) is 1. The van der Waals surface area contributed by atoms with E-state index in [-0.39, 0.29) is 18.2 Å². The molecule has 1 atom stereocenters. The molecule has 0 unspecified atom stereocenters. The monoisotopic (exact) mass is 414 g/mol. The molecule has 2 amide bonds. The number of nitrogens with zero attached hydrogens (tertiary/aromatic N) is 1. The zero-order valence-corrected chi connectivity index (χ0v) is 18.6. The lowest BCUT2D eigenvalue weighted by molar-refractivity contribution is -0.140. The fraction of sp³-hybridized carbons (Fsp3) is 0.417. The molecule has 1 N–H and O–H groups in total. The molecule has 0 heterocycles. The van der Waals surface area contributed by atoms with Crippen LogP contribution in [0, 0.1) is 13.8 Å². The van der Waals surface area contributed by atoms with Gasteiger partial charge in [0.1, 0.15) is 6.04 Å². The van der Waals surface area contributed by atoms with Gasteiger partial charge in [0, 0.05) is 18.1 Å². The first kappa shape index (κ1) is 23.0. The number of unbranched alkanes of at least 4 members (excludes halogenated alkanes) is 1. The highest BCUT2D eigenvalue weighted by Gasteiger charge is 2.26. The lowest BCUT2D eigenvalue weighted by Gasteiger charge is -2.29. The number of amides is 2. The molecule has 2 rings (SSSR count). The van der Waals surface area contributed by atoms with Crippen molar-refractivity contribution in [1.29, 1.82) is 0 Å². The first-order valence-corrected chi connectivity index (χ1v) is 10.6. The van der Waals surface area contributed by atoms with Crippen molar-refractivity contribution >= 4 is 23.4 Å². The van der Waals surface area contributed by atoms with Gasteiger partial charge in [0.25, 0.3) is 0 Å². The highest BCUT2D eigenvalue weighted by atomic mass is 35.5. The fourth-order valence-electron chi connectivity index (χ4n) is 3.38. The molecule has 5 heteroatoms. The van der Waals surface area contributed by atoms with Crippen LogP contribution in [0.4, 0.5) is 0 Å². The Bertz CT molecular complexity index is 830. The molecule has 0 aliphatic carbocycles. The van der Waals surface area contributed by atoms with Crippen molar-refractivity contribution in [2.24, 2.45) is 0 Å². The van der Waals surface area contributed by atoms with E-state index in [4.69, 9.17) is 11.6 Å². The van der Waals surface area contributed by atoms with Gasteiger partial charge < -0.3 is 10.2 Å². The third kappa shape index (κ3) is 6.90. The third-order valence-electron chi connectivity index (χ3n) is 4.93. The molecule has 0 saturated heterocycles. The summed E-state index contributed by atoms with van der Waals surface area (Å²) in [6.45, 7) is 8.80. The van der Waals surface area contributed by atoms with Crippen LogP contribution in [0.3, 0.4) is 0 Å². The van der Waals surface area contributed by atoms with Crippen LogP contribution in [0.2, 0.25) is 5.02 Å². The van der Waals surface area contributed by atoms with Gasteiger partial charge in [0.15, 0.2) is 0 Å². The zero-order valence-electron chi connectivity index (χ0n) is 17.8. The van der Waals surface area contributed by atoms with Crippen LogP contribution in [-0.2, 0) is 22.6 Å². The fourth-order valence-corrected chi connectivity index (χ4v) is 3.57. The number of benzene rings is 2. The Kier molecular flexibility index (Phi) is 8.71. The van der Waals surface area contributed by atoms with Crippen LogP contribution >= 0.6 is 11.6 Å². The van der Waals surface area contributed by atoms with E-state index in [1.807, 2.05) is 44.2 Å². The second-order valence-electron chi connectivity index (χ2n) is 7.61. The molecular weight excluding hydrogens is 384 g/mol. The van der Waals surface area contributed by atoms with E-state index >= 15 is 0 Å². The van der Waals surface area contributed by atoms with Gasteiger partial charge in [-0.2, -0.15) is 0 Å². The summed E-state index contributed by atoms with van der Waals surface area (Å²) in [5, 5.41) is 3.53. The Morgan fingerprint density at radius 3 is 2.38 bits per heavy atom. The molecule has 0 aromatic heterocycles. The van der Waals surface area contributed by atoms with Gasteiger partial charge in [-0.1, -0.05) is 72.5 Å².